The lowest BCUT2D eigenvalue weighted by atomic mass is 10.1. The molecular formula is C16H14I2O3. The van der Waals surface area contributed by atoms with E-state index in [1.807, 2.05) is 36.4 Å². The normalized spacial score (nSPS) is 10.3. The van der Waals surface area contributed by atoms with E-state index in [1.165, 1.54) is 0 Å². The molecule has 0 bridgehead atoms. The Hall–Kier alpha value is -0.830. The van der Waals surface area contributed by atoms with E-state index in [1.54, 1.807) is 14.0 Å². The summed E-state index contributed by atoms with van der Waals surface area (Å²) in [5.41, 5.74) is 1.01. The van der Waals surface area contributed by atoms with Crippen molar-refractivity contribution in [2.24, 2.45) is 0 Å². The maximum Gasteiger partial charge on any atom is 0.154 e. The Kier molecular flexibility index (Phi) is 5.86. The van der Waals surface area contributed by atoms with Gasteiger partial charge in [-0.3, -0.25) is 4.79 Å². The zero-order chi connectivity index (χ0) is 15.4. The molecule has 2 rings (SSSR count). The van der Waals surface area contributed by atoms with E-state index in [4.69, 9.17) is 9.47 Å². The first kappa shape index (κ1) is 16.5. The number of ether oxygens (including phenoxy) is 2. The molecule has 0 saturated carbocycles. The fourth-order valence-electron chi connectivity index (χ4n) is 1.86. The van der Waals surface area contributed by atoms with Crippen LogP contribution in [0.3, 0.4) is 0 Å². The van der Waals surface area contributed by atoms with Gasteiger partial charge < -0.3 is 9.47 Å². The van der Waals surface area contributed by atoms with Gasteiger partial charge in [-0.05, 0) is 94.1 Å². The average molecular weight is 508 g/mol. The minimum Gasteiger partial charge on any atom is -0.497 e. The maximum absolute atomic E-state index is 11.2. The summed E-state index contributed by atoms with van der Waals surface area (Å²) in [7, 11) is 1.63. The number of Topliss-reactive ketones (excluding diaryl/α,β-unsaturated/α-hetero) is 1. The zero-order valence-corrected chi connectivity index (χ0v) is 16.0. The third kappa shape index (κ3) is 4.57. The number of hydrogen-bond acceptors (Lipinski definition) is 3. The van der Waals surface area contributed by atoms with Crippen LogP contribution in [0.2, 0.25) is 0 Å². The molecule has 0 amide bonds. The second-order valence-corrected chi connectivity index (χ2v) is 6.87. The van der Waals surface area contributed by atoms with Crippen molar-refractivity contribution in [1.82, 2.24) is 0 Å². The van der Waals surface area contributed by atoms with Gasteiger partial charge in [-0.15, -0.1) is 0 Å². The monoisotopic (exact) mass is 508 g/mol. The highest BCUT2D eigenvalue weighted by Crippen LogP contribution is 2.33. The fourth-order valence-corrected chi connectivity index (χ4v) is 3.98. The van der Waals surface area contributed by atoms with Crippen molar-refractivity contribution in [3.05, 3.63) is 49.1 Å². The van der Waals surface area contributed by atoms with Crippen LogP contribution in [0.5, 0.6) is 17.2 Å². The fraction of sp³-hybridized carbons (Fsp3) is 0.188. The number of carbonyl (C=O) groups is 1. The number of carbonyl (C=O) groups excluding carboxylic acids is 1. The van der Waals surface area contributed by atoms with E-state index in [0.29, 0.717) is 6.42 Å². The van der Waals surface area contributed by atoms with Crippen LogP contribution >= 0.6 is 45.2 Å². The predicted molar refractivity (Wildman–Crippen MR) is 99.3 cm³/mol. The van der Waals surface area contributed by atoms with Gasteiger partial charge in [-0.25, -0.2) is 0 Å². The lowest BCUT2D eigenvalue weighted by Gasteiger charge is -2.12. The van der Waals surface area contributed by atoms with Crippen molar-refractivity contribution in [1.29, 1.82) is 0 Å². The largest absolute Gasteiger partial charge is 0.497 e. The molecule has 0 aliphatic carbocycles. The summed E-state index contributed by atoms with van der Waals surface area (Å²) >= 11 is 4.47. The summed E-state index contributed by atoms with van der Waals surface area (Å²) in [5, 5.41) is 0. The number of halogens is 2. The summed E-state index contributed by atoms with van der Waals surface area (Å²) in [6.07, 6.45) is 0.453. The van der Waals surface area contributed by atoms with Gasteiger partial charge >= 0.3 is 0 Å². The second-order valence-electron chi connectivity index (χ2n) is 4.54. The van der Waals surface area contributed by atoms with Crippen LogP contribution in [0.4, 0.5) is 0 Å². The molecule has 110 valence electrons. The van der Waals surface area contributed by atoms with E-state index in [2.05, 4.69) is 45.2 Å². The number of rotatable bonds is 5. The standard InChI is InChI=1S/C16H14I2O3/c1-10(19)7-11-8-14(17)16(15(18)9-11)21-13-5-3-12(20-2)4-6-13/h3-6,8-9H,7H2,1-2H3. The molecule has 0 aliphatic heterocycles. The van der Waals surface area contributed by atoms with Crippen LogP contribution in [-0.4, -0.2) is 12.9 Å². The molecule has 0 heterocycles. The van der Waals surface area contributed by atoms with Crippen LogP contribution in [0, 0.1) is 7.14 Å². The van der Waals surface area contributed by atoms with Crippen molar-refractivity contribution >= 4 is 51.0 Å². The predicted octanol–water partition coefficient (Wildman–Crippen LogP) is 4.83. The molecule has 0 fully saturated rings. The molecule has 0 spiro atoms. The van der Waals surface area contributed by atoms with E-state index in [0.717, 1.165) is 30.0 Å². The Morgan fingerprint density at radius 1 is 1.05 bits per heavy atom. The third-order valence-electron chi connectivity index (χ3n) is 2.79. The highest BCUT2D eigenvalue weighted by molar-refractivity contribution is 14.1. The molecule has 0 N–H and O–H groups in total. The molecule has 5 heteroatoms. The van der Waals surface area contributed by atoms with Crippen LogP contribution in [0.15, 0.2) is 36.4 Å². The van der Waals surface area contributed by atoms with E-state index in [-0.39, 0.29) is 5.78 Å². The van der Waals surface area contributed by atoms with Crippen molar-refractivity contribution < 1.29 is 14.3 Å². The summed E-state index contributed by atoms with van der Waals surface area (Å²) in [6, 6.07) is 11.4. The molecule has 2 aromatic rings. The first-order valence-corrected chi connectivity index (χ1v) is 8.44. The maximum atomic E-state index is 11.2. The molecule has 0 unspecified atom stereocenters. The van der Waals surface area contributed by atoms with Crippen LogP contribution in [0.25, 0.3) is 0 Å². The average Bonchev–Trinajstić information content (AvgIpc) is 2.43. The van der Waals surface area contributed by atoms with Gasteiger partial charge in [0.2, 0.25) is 0 Å². The molecule has 0 aromatic heterocycles. The topological polar surface area (TPSA) is 35.5 Å². The van der Waals surface area contributed by atoms with Gasteiger partial charge in [0, 0.05) is 6.42 Å². The van der Waals surface area contributed by atoms with Gasteiger partial charge in [0.1, 0.15) is 17.3 Å². The Morgan fingerprint density at radius 2 is 1.57 bits per heavy atom. The van der Waals surface area contributed by atoms with Gasteiger partial charge in [0.05, 0.1) is 14.3 Å². The smallest absolute Gasteiger partial charge is 0.154 e. The van der Waals surface area contributed by atoms with Crippen LogP contribution in [-0.2, 0) is 11.2 Å². The number of ketones is 1. The molecule has 3 nitrogen and oxygen atoms in total. The molecule has 0 radical (unpaired) electrons. The van der Waals surface area contributed by atoms with Gasteiger partial charge in [0.25, 0.3) is 0 Å². The minimum atomic E-state index is 0.158. The summed E-state index contributed by atoms with van der Waals surface area (Å²) in [6.45, 7) is 1.60. The minimum absolute atomic E-state index is 0.158. The zero-order valence-electron chi connectivity index (χ0n) is 11.7. The van der Waals surface area contributed by atoms with Gasteiger partial charge in [-0.1, -0.05) is 0 Å². The summed E-state index contributed by atoms with van der Waals surface area (Å²) < 4.78 is 13.1. The second kappa shape index (κ2) is 7.44. The van der Waals surface area contributed by atoms with Crippen molar-refractivity contribution in [2.45, 2.75) is 13.3 Å². The third-order valence-corrected chi connectivity index (χ3v) is 4.39. The molecule has 0 aliphatic rings. The Morgan fingerprint density at radius 3 is 2.05 bits per heavy atom. The van der Waals surface area contributed by atoms with Crippen LogP contribution < -0.4 is 9.47 Å². The number of benzene rings is 2. The van der Waals surface area contributed by atoms with Crippen molar-refractivity contribution in [2.75, 3.05) is 7.11 Å². The molecule has 0 atom stereocenters. The van der Waals surface area contributed by atoms with Crippen molar-refractivity contribution in [3.63, 3.8) is 0 Å². The lowest BCUT2D eigenvalue weighted by molar-refractivity contribution is -0.116. The number of methoxy groups -OCH3 is 1. The molecule has 0 saturated heterocycles. The quantitative estimate of drug-likeness (QED) is 0.544. The first-order chi connectivity index (χ1) is 9.99. The highest BCUT2D eigenvalue weighted by Gasteiger charge is 2.11. The lowest BCUT2D eigenvalue weighted by Crippen LogP contribution is -1.99. The molecule has 21 heavy (non-hydrogen) atoms. The summed E-state index contributed by atoms with van der Waals surface area (Å²) in [5.74, 6) is 2.52. The van der Waals surface area contributed by atoms with E-state index >= 15 is 0 Å². The Balaban J connectivity index is 2.24. The Bertz CT molecular complexity index is 628. The molecule has 2 aromatic carbocycles. The Labute approximate surface area is 151 Å². The van der Waals surface area contributed by atoms with E-state index < -0.39 is 0 Å². The first-order valence-electron chi connectivity index (χ1n) is 6.29. The highest BCUT2D eigenvalue weighted by atomic mass is 127. The van der Waals surface area contributed by atoms with Crippen LogP contribution in [0.1, 0.15) is 12.5 Å². The number of hydrogen-bond donors (Lipinski definition) is 0. The van der Waals surface area contributed by atoms with Gasteiger partial charge in [0.15, 0.2) is 5.75 Å². The SMILES string of the molecule is COc1ccc(Oc2c(I)cc(CC(C)=O)cc2I)cc1. The van der Waals surface area contributed by atoms with Crippen molar-refractivity contribution in [3.8, 4) is 17.2 Å². The summed E-state index contributed by atoms with van der Waals surface area (Å²) in [4.78, 5) is 11.2. The van der Waals surface area contributed by atoms with Gasteiger partial charge in [-0.2, -0.15) is 0 Å². The van der Waals surface area contributed by atoms with E-state index in [9.17, 15) is 4.79 Å². The molecular weight excluding hydrogens is 494 g/mol.